The molecular formula is C19H28N4O2. The standard InChI is InChI=1S/C19H28N4O2/c1-5-6-17(23-10-12(2)20-13(3)11-23)18-21-16-9-14(24)7-8-15(16)19(25)22(18)4/h7-9,12-13,17,20,24H,5-6,10-11H2,1-4H3/t12-,13+,17?. The third-order valence-electron chi connectivity index (χ3n) is 4.98. The van der Waals surface area contributed by atoms with Crippen molar-refractivity contribution in [3.8, 4) is 5.75 Å². The van der Waals surface area contributed by atoms with Gasteiger partial charge in [0.2, 0.25) is 0 Å². The molecule has 0 spiro atoms. The van der Waals surface area contributed by atoms with E-state index in [-0.39, 0.29) is 17.4 Å². The number of piperazine rings is 1. The second-order valence-corrected chi connectivity index (χ2v) is 7.26. The lowest BCUT2D eigenvalue weighted by molar-refractivity contribution is 0.109. The summed E-state index contributed by atoms with van der Waals surface area (Å²) in [6.07, 6.45) is 1.97. The molecule has 1 saturated heterocycles. The van der Waals surface area contributed by atoms with E-state index in [9.17, 15) is 9.90 Å². The fourth-order valence-electron chi connectivity index (χ4n) is 3.95. The minimum Gasteiger partial charge on any atom is -0.508 e. The summed E-state index contributed by atoms with van der Waals surface area (Å²) >= 11 is 0. The Morgan fingerprint density at radius 1 is 1.32 bits per heavy atom. The molecule has 3 rings (SSSR count). The first kappa shape index (κ1) is 17.9. The van der Waals surface area contributed by atoms with Crippen LogP contribution in [-0.2, 0) is 7.05 Å². The number of hydrogen-bond donors (Lipinski definition) is 2. The molecule has 2 N–H and O–H groups in total. The molecule has 1 aliphatic rings. The van der Waals surface area contributed by atoms with Gasteiger partial charge >= 0.3 is 0 Å². The van der Waals surface area contributed by atoms with Crippen LogP contribution in [0.25, 0.3) is 10.9 Å². The Labute approximate surface area is 148 Å². The first-order valence-corrected chi connectivity index (χ1v) is 9.10. The smallest absolute Gasteiger partial charge is 0.261 e. The number of phenolic OH excluding ortho intramolecular Hbond substituents is 1. The lowest BCUT2D eigenvalue weighted by atomic mass is 10.0. The van der Waals surface area contributed by atoms with Crippen LogP contribution in [0.1, 0.15) is 45.5 Å². The number of nitrogens with zero attached hydrogens (tertiary/aromatic N) is 3. The molecule has 3 atom stereocenters. The van der Waals surface area contributed by atoms with E-state index in [0.717, 1.165) is 31.8 Å². The molecule has 6 nitrogen and oxygen atoms in total. The summed E-state index contributed by atoms with van der Waals surface area (Å²) in [7, 11) is 1.80. The minimum absolute atomic E-state index is 0.0580. The van der Waals surface area contributed by atoms with Crippen LogP contribution < -0.4 is 10.9 Å². The molecule has 0 bridgehead atoms. The molecule has 1 fully saturated rings. The number of aromatic nitrogens is 2. The molecular weight excluding hydrogens is 316 g/mol. The van der Waals surface area contributed by atoms with Crippen LogP contribution in [-0.4, -0.2) is 44.7 Å². The highest BCUT2D eigenvalue weighted by Crippen LogP contribution is 2.27. The Balaban J connectivity index is 2.09. The van der Waals surface area contributed by atoms with Gasteiger partial charge in [0, 0.05) is 38.3 Å². The Bertz CT molecular complexity index is 807. The zero-order valence-electron chi connectivity index (χ0n) is 15.5. The summed E-state index contributed by atoms with van der Waals surface area (Å²) < 4.78 is 1.68. The van der Waals surface area contributed by atoms with E-state index in [2.05, 4.69) is 31.0 Å². The maximum Gasteiger partial charge on any atom is 0.261 e. The van der Waals surface area contributed by atoms with Gasteiger partial charge in [0.25, 0.3) is 5.56 Å². The quantitative estimate of drug-likeness (QED) is 0.889. The predicted molar refractivity (Wildman–Crippen MR) is 99.9 cm³/mol. The number of hydrogen-bond acceptors (Lipinski definition) is 5. The van der Waals surface area contributed by atoms with Crippen LogP contribution in [0.5, 0.6) is 5.75 Å². The van der Waals surface area contributed by atoms with Crippen LogP contribution in [0.3, 0.4) is 0 Å². The van der Waals surface area contributed by atoms with Gasteiger partial charge in [-0.1, -0.05) is 13.3 Å². The van der Waals surface area contributed by atoms with Gasteiger partial charge in [-0.3, -0.25) is 14.3 Å². The monoisotopic (exact) mass is 344 g/mol. The van der Waals surface area contributed by atoms with Gasteiger partial charge in [0.15, 0.2) is 0 Å². The van der Waals surface area contributed by atoms with Gasteiger partial charge in [-0.2, -0.15) is 0 Å². The Kier molecular flexibility index (Phi) is 5.11. The van der Waals surface area contributed by atoms with E-state index < -0.39 is 0 Å². The first-order chi connectivity index (χ1) is 11.9. The predicted octanol–water partition coefficient (Wildman–Crippen LogP) is 2.16. The zero-order chi connectivity index (χ0) is 18.1. The fourth-order valence-corrected chi connectivity index (χ4v) is 3.95. The largest absolute Gasteiger partial charge is 0.508 e. The Morgan fingerprint density at radius 3 is 2.64 bits per heavy atom. The van der Waals surface area contributed by atoms with Crippen LogP contribution >= 0.6 is 0 Å². The van der Waals surface area contributed by atoms with Gasteiger partial charge in [-0.25, -0.2) is 4.98 Å². The van der Waals surface area contributed by atoms with Gasteiger partial charge in [0.05, 0.1) is 16.9 Å². The van der Waals surface area contributed by atoms with Gasteiger partial charge in [-0.15, -0.1) is 0 Å². The first-order valence-electron chi connectivity index (χ1n) is 9.10. The van der Waals surface area contributed by atoms with Crippen molar-refractivity contribution < 1.29 is 5.11 Å². The molecule has 0 saturated carbocycles. The van der Waals surface area contributed by atoms with Crippen molar-refractivity contribution in [1.29, 1.82) is 0 Å². The summed E-state index contributed by atoms with van der Waals surface area (Å²) in [5, 5.41) is 13.9. The highest BCUT2D eigenvalue weighted by atomic mass is 16.3. The third kappa shape index (κ3) is 3.55. The van der Waals surface area contributed by atoms with Crippen molar-refractivity contribution in [2.45, 2.75) is 51.7 Å². The van der Waals surface area contributed by atoms with Gasteiger partial charge < -0.3 is 10.4 Å². The second-order valence-electron chi connectivity index (χ2n) is 7.26. The highest BCUT2D eigenvalue weighted by Gasteiger charge is 2.30. The maximum atomic E-state index is 12.8. The lowest BCUT2D eigenvalue weighted by Gasteiger charge is -2.41. The molecule has 25 heavy (non-hydrogen) atoms. The van der Waals surface area contributed by atoms with Gasteiger partial charge in [-0.05, 0) is 32.4 Å². The molecule has 136 valence electrons. The number of benzene rings is 1. The molecule has 6 heteroatoms. The normalized spacial score (nSPS) is 23.0. The van der Waals surface area contributed by atoms with Crippen molar-refractivity contribution in [1.82, 2.24) is 19.8 Å². The molecule has 1 aromatic carbocycles. The molecule has 0 aliphatic carbocycles. The van der Waals surface area contributed by atoms with E-state index in [0.29, 0.717) is 23.0 Å². The van der Waals surface area contributed by atoms with Crippen molar-refractivity contribution >= 4 is 10.9 Å². The molecule has 0 amide bonds. The highest BCUT2D eigenvalue weighted by molar-refractivity contribution is 5.79. The molecule has 1 aliphatic heterocycles. The average Bonchev–Trinajstić information content (AvgIpc) is 2.55. The lowest BCUT2D eigenvalue weighted by Crippen LogP contribution is -2.55. The molecule has 2 aromatic rings. The zero-order valence-corrected chi connectivity index (χ0v) is 15.5. The number of phenols is 1. The summed E-state index contributed by atoms with van der Waals surface area (Å²) in [6.45, 7) is 8.41. The maximum absolute atomic E-state index is 12.8. The van der Waals surface area contributed by atoms with Crippen molar-refractivity contribution in [3.63, 3.8) is 0 Å². The number of rotatable bonds is 4. The number of nitrogens with one attached hydrogen (secondary N) is 1. The van der Waals surface area contributed by atoms with Gasteiger partial charge in [0.1, 0.15) is 11.6 Å². The van der Waals surface area contributed by atoms with E-state index in [1.54, 1.807) is 23.7 Å². The molecule has 1 unspecified atom stereocenters. The van der Waals surface area contributed by atoms with Crippen LogP contribution in [0.4, 0.5) is 0 Å². The summed E-state index contributed by atoms with van der Waals surface area (Å²) in [5.41, 5.74) is 0.507. The Hall–Kier alpha value is -1.92. The number of aromatic hydroxyl groups is 1. The van der Waals surface area contributed by atoms with Crippen LogP contribution in [0.2, 0.25) is 0 Å². The molecule has 0 radical (unpaired) electrons. The van der Waals surface area contributed by atoms with E-state index in [1.165, 1.54) is 6.07 Å². The third-order valence-corrected chi connectivity index (χ3v) is 4.98. The van der Waals surface area contributed by atoms with Crippen LogP contribution in [0, 0.1) is 0 Å². The van der Waals surface area contributed by atoms with Crippen molar-refractivity contribution in [3.05, 3.63) is 34.4 Å². The van der Waals surface area contributed by atoms with Crippen LogP contribution in [0.15, 0.2) is 23.0 Å². The molecule has 2 heterocycles. The van der Waals surface area contributed by atoms with E-state index in [1.807, 2.05) is 0 Å². The summed E-state index contributed by atoms with van der Waals surface area (Å²) in [5.74, 6) is 0.918. The van der Waals surface area contributed by atoms with Crippen molar-refractivity contribution in [2.75, 3.05) is 13.1 Å². The number of fused-ring (bicyclic) bond motifs is 1. The second kappa shape index (κ2) is 7.14. The molecule has 1 aromatic heterocycles. The summed E-state index contributed by atoms with van der Waals surface area (Å²) in [4.78, 5) is 20.0. The van der Waals surface area contributed by atoms with E-state index in [4.69, 9.17) is 4.98 Å². The minimum atomic E-state index is -0.0580. The Morgan fingerprint density at radius 2 is 2.00 bits per heavy atom. The van der Waals surface area contributed by atoms with Crippen molar-refractivity contribution in [2.24, 2.45) is 7.05 Å². The SMILES string of the molecule is CCCC(c1nc2cc(O)ccc2c(=O)n1C)N1C[C@@H](C)N[C@@H](C)C1. The fraction of sp³-hybridized carbons (Fsp3) is 0.579. The van der Waals surface area contributed by atoms with E-state index >= 15 is 0 Å². The summed E-state index contributed by atoms with van der Waals surface area (Å²) in [6, 6.07) is 5.67. The average molecular weight is 344 g/mol. The topological polar surface area (TPSA) is 70.4 Å².